The van der Waals surface area contributed by atoms with Crippen LogP contribution in [0, 0.1) is 0 Å². The molecule has 4 rings (SSSR count). The molecule has 1 aliphatic heterocycles. The first-order valence-corrected chi connectivity index (χ1v) is 10.6. The maximum absolute atomic E-state index is 13.1. The molecule has 1 fully saturated rings. The molecule has 5 nitrogen and oxygen atoms in total. The van der Waals surface area contributed by atoms with Crippen LogP contribution in [0.4, 0.5) is 0 Å². The van der Waals surface area contributed by atoms with Crippen molar-refractivity contribution >= 4 is 17.7 Å². The fraction of sp³-hybridized carbons (Fsp3) is 0.318. The molecule has 2 aromatic carbocycles. The summed E-state index contributed by atoms with van der Waals surface area (Å²) >= 11 is 1.42. The highest BCUT2D eigenvalue weighted by molar-refractivity contribution is 8.00. The van der Waals surface area contributed by atoms with Gasteiger partial charge >= 0.3 is 0 Å². The van der Waals surface area contributed by atoms with E-state index < -0.39 is 0 Å². The highest BCUT2D eigenvalue weighted by Gasteiger charge is 2.29. The van der Waals surface area contributed by atoms with E-state index in [2.05, 4.69) is 46.4 Å². The van der Waals surface area contributed by atoms with Crippen LogP contribution in [0.3, 0.4) is 0 Å². The number of aromatic amines is 1. The molecule has 1 aliphatic rings. The average molecular weight is 393 g/mol. The Kier molecular flexibility index (Phi) is 5.76. The lowest BCUT2D eigenvalue weighted by molar-refractivity contribution is -0.129. The summed E-state index contributed by atoms with van der Waals surface area (Å²) in [7, 11) is 0. The number of likely N-dealkylation sites (tertiary alicyclic amines) is 1. The van der Waals surface area contributed by atoms with Crippen molar-refractivity contribution in [1.29, 1.82) is 0 Å². The Morgan fingerprint density at radius 2 is 1.82 bits per heavy atom. The van der Waals surface area contributed by atoms with Gasteiger partial charge in [0.05, 0.1) is 0 Å². The van der Waals surface area contributed by atoms with Crippen molar-refractivity contribution in [3.8, 4) is 11.4 Å². The lowest BCUT2D eigenvalue weighted by Gasteiger charge is -2.22. The first-order chi connectivity index (χ1) is 13.7. The second kappa shape index (κ2) is 8.61. The Balaban J connectivity index is 1.56. The zero-order valence-electron chi connectivity index (χ0n) is 16.0. The number of amides is 1. The number of H-pyrrole nitrogens is 1. The largest absolute Gasteiger partial charge is 0.341 e. The lowest BCUT2D eigenvalue weighted by Crippen LogP contribution is -2.31. The minimum absolute atomic E-state index is 0.146. The van der Waals surface area contributed by atoms with Crippen LogP contribution in [-0.4, -0.2) is 39.1 Å². The fourth-order valence-corrected chi connectivity index (χ4v) is 4.42. The van der Waals surface area contributed by atoms with Crippen LogP contribution in [0.2, 0.25) is 0 Å². The Labute approximate surface area is 169 Å². The van der Waals surface area contributed by atoms with Gasteiger partial charge in [-0.2, -0.15) is 0 Å². The molecule has 3 aromatic rings. The molecule has 2 heterocycles. The summed E-state index contributed by atoms with van der Waals surface area (Å²) in [5.41, 5.74) is 3.28. The van der Waals surface area contributed by atoms with E-state index in [0.29, 0.717) is 5.16 Å². The number of carbonyl (C=O) groups is 1. The second-order valence-electron chi connectivity index (χ2n) is 6.96. The topological polar surface area (TPSA) is 61.9 Å². The van der Waals surface area contributed by atoms with Gasteiger partial charge in [-0.1, -0.05) is 73.3 Å². The van der Waals surface area contributed by atoms with Crippen LogP contribution in [0.5, 0.6) is 0 Å². The molecule has 0 saturated carbocycles. The zero-order valence-corrected chi connectivity index (χ0v) is 16.8. The van der Waals surface area contributed by atoms with Gasteiger partial charge in [0.2, 0.25) is 11.1 Å². The van der Waals surface area contributed by atoms with Crippen molar-refractivity contribution < 1.29 is 4.79 Å². The molecule has 1 saturated heterocycles. The minimum atomic E-state index is -0.328. The minimum Gasteiger partial charge on any atom is -0.341 e. The summed E-state index contributed by atoms with van der Waals surface area (Å²) in [6, 6.07) is 18.2. The van der Waals surface area contributed by atoms with Gasteiger partial charge < -0.3 is 4.90 Å². The Bertz CT molecular complexity index is 917. The number of nitrogens with one attached hydrogen (secondary N) is 1. The molecule has 0 bridgehead atoms. The number of benzene rings is 2. The number of aromatic nitrogens is 3. The average Bonchev–Trinajstić information content (AvgIpc) is 3.45. The Morgan fingerprint density at radius 3 is 2.50 bits per heavy atom. The predicted molar refractivity (Wildman–Crippen MR) is 112 cm³/mol. The van der Waals surface area contributed by atoms with E-state index >= 15 is 0 Å². The number of carbonyl (C=O) groups excluding carboxylic acids is 1. The molecular formula is C22H24N4OS. The predicted octanol–water partition coefficient (Wildman–Crippen LogP) is 4.49. The number of rotatable bonds is 6. The summed E-state index contributed by atoms with van der Waals surface area (Å²) in [5, 5.41) is 7.65. The lowest BCUT2D eigenvalue weighted by atomic mass is 10.1. The summed E-state index contributed by atoms with van der Waals surface area (Å²) in [6.07, 6.45) is 3.17. The third-order valence-corrected chi connectivity index (χ3v) is 6.17. The molecule has 1 atom stereocenters. The normalized spacial score (nSPS) is 15.0. The van der Waals surface area contributed by atoms with E-state index in [0.717, 1.165) is 49.3 Å². The molecule has 0 aliphatic carbocycles. The third kappa shape index (κ3) is 4.12. The SMILES string of the molecule is CCc1ccc(-c2nc(SC(C(=O)N3CCCC3)c3ccccc3)n[nH]2)cc1. The van der Waals surface area contributed by atoms with Crippen LogP contribution in [0.15, 0.2) is 59.8 Å². The summed E-state index contributed by atoms with van der Waals surface area (Å²) in [4.78, 5) is 19.7. The molecule has 0 spiro atoms. The molecule has 28 heavy (non-hydrogen) atoms. The molecule has 1 unspecified atom stereocenters. The van der Waals surface area contributed by atoms with E-state index in [9.17, 15) is 4.79 Å². The first kappa shape index (κ1) is 18.7. The Morgan fingerprint density at radius 1 is 1.11 bits per heavy atom. The zero-order chi connectivity index (χ0) is 19.3. The van der Waals surface area contributed by atoms with Crippen LogP contribution >= 0.6 is 11.8 Å². The molecule has 1 amide bonds. The van der Waals surface area contributed by atoms with E-state index in [1.807, 2.05) is 35.2 Å². The van der Waals surface area contributed by atoms with Gasteiger partial charge in [-0.15, -0.1) is 5.10 Å². The molecule has 6 heteroatoms. The van der Waals surface area contributed by atoms with Crippen molar-refractivity contribution in [2.24, 2.45) is 0 Å². The monoisotopic (exact) mass is 392 g/mol. The van der Waals surface area contributed by atoms with Gasteiger partial charge in [0.1, 0.15) is 5.25 Å². The number of aryl methyl sites for hydroxylation is 1. The standard InChI is InChI=1S/C22H24N4OS/c1-2-16-10-12-18(13-11-16)20-23-22(25-24-20)28-19(17-8-4-3-5-9-17)21(27)26-14-6-7-15-26/h3-5,8-13,19H,2,6-7,14-15H2,1H3,(H,23,24,25). The molecular weight excluding hydrogens is 368 g/mol. The molecule has 1 N–H and O–H groups in total. The van der Waals surface area contributed by atoms with Crippen LogP contribution in [0.1, 0.15) is 36.1 Å². The van der Waals surface area contributed by atoms with Gasteiger partial charge in [-0.05, 0) is 30.4 Å². The summed E-state index contributed by atoms with van der Waals surface area (Å²) in [6.45, 7) is 3.82. The molecule has 1 aromatic heterocycles. The fourth-order valence-electron chi connectivity index (χ4n) is 3.42. The summed E-state index contributed by atoms with van der Waals surface area (Å²) < 4.78 is 0. The van der Waals surface area contributed by atoms with Crippen LogP contribution in [0.25, 0.3) is 11.4 Å². The van der Waals surface area contributed by atoms with Crippen molar-refractivity contribution in [3.63, 3.8) is 0 Å². The second-order valence-corrected chi connectivity index (χ2v) is 8.03. The number of hydrogen-bond acceptors (Lipinski definition) is 4. The van der Waals surface area contributed by atoms with Gasteiger partial charge in [0.25, 0.3) is 0 Å². The van der Waals surface area contributed by atoms with Crippen molar-refractivity contribution in [2.45, 2.75) is 36.6 Å². The third-order valence-electron chi connectivity index (χ3n) is 5.07. The summed E-state index contributed by atoms with van der Waals surface area (Å²) in [5.74, 6) is 0.873. The highest BCUT2D eigenvalue weighted by Crippen LogP contribution is 2.36. The van der Waals surface area contributed by atoms with E-state index in [-0.39, 0.29) is 11.2 Å². The van der Waals surface area contributed by atoms with Crippen molar-refractivity contribution in [1.82, 2.24) is 20.1 Å². The van der Waals surface area contributed by atoms with E-state index in [1.165, 1.54) is 17.3 Å². The van der Waals surface area contributed by atoms with Gasteiger partial charge in [-0.3, -0.25) is 9.89 Å². The van der Waals surface area contributed by atoms with Crippen LogP contribution < -0.4 is 0 Å². The quantitative estimate of drug-likeness (QED) is 0.628. The van der Waals surface area contributed by atoms with Crippen molar-refractivity contribution in [2.75, 3.05) is 13.1 Å². The van der Waals surface area contributed by atoms with Crippen LogP contribution in [-0.2, 0) is 11.2 Å². The van der Waals surface area contributed by atoms with Gasteiger partial charge in [0.15, 0.2) is 5.82 Å². The Hall–Kier alpha value is -2.60. The maximum atomic E-state index is 13.1. The van der Waals surface area contributed by atoms with E-state index in [4.69, 9.17) is 0 Å². The molecule has 144 valence electrons. The number of hydrogen-bond donors (Lipinski definition) is 1. The number of thioether (sulfide) groups is 1. The molecule has 0 radical (unpaired) electrons. The van der Waals surface area contributed by atoms with Gasteiger partial charge in [0, 0.05) is 18.7 Å². The number of nitrogens with zero attached hydrogens (tertiary/aromatic N) is 3. The van der Waals surface area contributed by atoms with Gasteiger partial charge in [-0.25, -0.2) is 4.98 Å². The highest BCUT2D eigenvalue weighted by atomic mass is 32.2. The van der Waals surface area contributed by atoms with E-state index in [1.54, 1.807) is 0 Å². The maximum Gasteiger partial charge on any atom is 0.240 e. The smallest absolute Gasteiger partial charge is 0.240 e. The van der Waals surface area contributed by atoms with Crippen molar-refractivity contribution in [3.05, 3.63) is 65.7 Å². The first-order valence-electron chi connectivity index (χ1n) is 9.76.